The van der Waals surface area contributed by atoms with Crippen molar-refractivity contribution in [2.75, 3.05) is 6.61 Å². The highest BCUT2D eigenvalue weighted by molar-refractivity contribution is 5.68. The first-order valence-electron chi connectivity index (χ1n) is 5.87. The lowest BCUT2D eigenvalue weighted by Gasteiger charge is -2.16. The Kier molecular flexibility index (Phi) is 2.64. The van der Waals surface area contributed by atoms with E-state index in [9.17, 15) is 4.79 Å². The lowest BCUT2D eigenvalue weighted by molar-refractivity contribution is -0.0294. The number of hydrogen-bond donors (Lipinski definition) is 2. The maximum atomic E-state index is 11.6. The van der Waals surface area contributed by atoms with Gasteiger partial charge in [0.25, 0.3) is 5.56 Å². The van der Waals surface area contributed by atoms with Crippen molar-refractivity contribution in [3.05, 3.63) is 23.0 Å². The van der Waals surface area contributed by atoms with Crippen LogP contribution < -0.4 is 5.56 Å². The molecule has 0 radical (unpaired) electrons. The van der Waals surface area contributed by atoms with E-state index in [1.165, 1.54) is 6.33 Å². The number of aliphatic hydroxyl groups is 1. The average Bonchev–Trinajstić information content (AvgIpc) is 2.93. The molecule has 1 aliphatic heterocycles. The molecule has 0 saturated carbocycles. The van der Waals surface area contributed by atoms with Crippen molar-refractivity contribution in [2.24, 2.45) is 5.92 Å². The van der Waals surface area contributed by atoms with E-state index in [1.54, 1.807) is 10.9 Å². The largest absolute Gasteiger partial charge is 0.394 e. The van der Waals surface area contributed by atoms with E-state index < -0.39 is 0 Å². The van der Waals surface area contributed by atoms with E-state index in [1.807, 2.05) is 6.92 Å². The van der Waals surface area contributed by atoms with Gasteiger partial charge >= 0.3 is 0 Å². The van der Waals surface area contributed by atoms with E-state index in [0.717, 1.165) is 6.42 Å². The molecule has 2 N–H and O–H groups in total. The predicted octanol–water partition coefficient (Wildman–Crippen LogP) is 0.0355. The number of imidazole rings is 1. The first kappa shape index (κ1) is 11.4. The molecule has 3 rings (SSSR count). The molecule has 0 aromatic carbocycles. The zero-order chi connectivity index (χ0) is 12.7. The van der Waals surface area contributed by atoms with Gasteiger partial charge < -0.3 is 14.8 Å². The fourth-order valence-electron chi connectivity index (χ4n) is 2.42. The number of fused-ring (bicyclic) bond motifs is 1. The third-order valence-corrected chi connectivity index (χ3v) is 3.30. The molecule has 2 aromatic heterocycles. The van der Waals surface area contributed by atoms with Crippen molar-refractivity contribution in [2.45, 2.75) is 25.7 Å². The van der Waals surface area contributed by atoms with Gasteiger partial charge in [0.05, 0.1) is 25.4 Å². The smallest absolute Gasteiger partial charge is 0.278 e. The van der Waals surface area contributed by atoms with E-state index >= 15 is 0 Å². The summed E-state index contributed by atoms with van der Waals surface area (Å²) >= 11 is 0. The van der Waals surface area contributed by atoms with Crippen molar-refractivity contribution in [1.29, 1.82) is 0 Å². The summed E-state index contributed by atoms with van der Waals surface area (Å²) < 4.78 is 7.49. The van der Waals surface area contributed by atoms with Crippen LogP contribution in [0.25, 0.3) is 11.2 Å². The second-order valence-corrected chi connectivity index (χ2v) is 4.60. The molecule has 96 valence electrons. The van der Waals surface area contributed by atoms with Gasteiger partial charge in [-0.15, -0.1) is 0 Å². The Morgan fingerprint density at radius 2 is 2.44 bits per heavy atom. The van der Waals surface area contributed by atoms with Crippen LogP contribution in [0, 0.1) is 5.92 Å². The Morgan fingerprint density at radius 1 is 1.61 bits per heavy atom. The van der Waals surface area contributed by atoms with Crippen LogP contribution in [-0.2, 0) is 4.74 Å². The van der Waals surface area contributed by atoms with Crippen molar-refractivity contribution in [1.82, 2.24) is 19.5 Å². The lowest BCUT2D eigenvalue weighted by atomic mass is 10.1. The molecule has 7 nitrogen and oxygen atoms in total. The molecule has 1 fully saturated rings. The predicted molar refractivity (Wildman–Crippen MR) is 62.9 cm³/mol. The third kappa shape index (κ3) is 1.63. The molecule has 7 heteroatoms. The molecule has 3 atom stereocenters. The second-order valence-electron chi connectivity index (χ2n) is 4.60. The standard InChI is InChI=1S/C11H14N4O3/c1-6-2-7(3-16)18-11(6)15-5-14-8-9(15)12-4-13-10(8)17/h4-7,11,16H,2-3H2,1H3,(H,12,13,17)/t6?,7-,11+/m0/s1. The number of ether oxygens (including phenoxy) is 1. The topological polar surface area (TPSA) is 93.0 Å². The Morgan fingerprint density at radius 3 is 3.17 bits per heavy atom. The summed E-state index contributed by atoms with van der Waals surface area (Å²) in [4.78, 5) is 22.2. The number of nitrogens with one attached hydrogen (secondary N) is 1. The lowest BCUT2D eigenvalue weighted by Crippen LogP contribution is -2.16. The average molecular weight is 250 g/mol. The molecular weight excluding hydrogens is 236 g/mol. The SMILES string of the molecule is CC1C[C@@H](CO)O[C@H]1n1cnc2c(=O)[nH]cnc21. The van der Waals surface area contributed by atoms with Gasteiger partial charge in [0.1, 0.15) is 6.23 Å². The number of hydrogen-bond acceptors (Lipinski definition) is 5. The van der Waals surface area contributed by atoms with Crippen molar-refractivity contribution >= 4 is 11.2 Å². The molecule has 1 saturated heterocycles. The third-order valence-electron chi connectivity index (χ3n) is 3.30. The summed E-state index contributed by atoms with van der Waals surface area (Å²) in [5.41, 5.74) is 0.554. The number of nitrogens with zero attached hydrogens (tertiary/aromatic N) is 3. The molecule has 3 heterocycles. The quantitative estimate of drug-likeness (QED) is 0.784. The van der Waals surface area contributed by atoms with Crippen LogP contribution in [0.3, 0.4) is 0 Å². The van der Waals surface area contributed by atoms with E-state index in [4.69, 9.17) is 9.84 Å². The first-order chi connectivity index (χ1) is 8.70. The van der Waals surface area contributed by atoms with Gasteiger partial charge in [-0.2, -0.15) is 0 Å². The van der Waals surface area contributed by atoms with Crippen molar-refractivity contribution in [3.63, 3.8) is 0 Å². The van der Waals surface area contributed by atoms with Gasteiger partial charge in [-0.05, 0) is 6.42 Å². The van der Waals surface area contributed by atoms with Gasteiger partial charge in [0, 0.05) is 5.92 Å². The number of aromatic nitrogens is 4. The second kappa shape index (κ2) is 4.18. The Hall–Kier alpha value is -1.73. The zero-order valence-corrected chi connectivity index (χ0v) is 9.91. The monoisotopic (exact) mass is 250 g/mol. The molecule has 0 bridgehead atoms. The molecule has 0 spiro atoms. The van der Waals surface area contributed by atoms with Crippen LogP contribution in [0.4, 0.5) is 0 Å². The summed E-state index contributed by atoms with van der Waals surface area (Å²) in [7, 11) is 0. The normalized spacial score (nSPS) is 28.0. The maximum absolute atomic E-state index is 11.6. The molecule has 1 unspecified atom stereocenters. The van der Waals surface area contributed by atoms with Crippen LogP contribution in [-0.4, -0.2) is 37.3 Å². The van der Waals surface area contributed by atoms with Gasteiger partial charge in [-0.25, -0.2) is 9.97 Å². The van der Waals surface area contributed by atoms with Gasteiger partial charge in [-0.3, -0.25) is 9.36 Å². The van der Waals surface area contributed by atoms with Crippen LogP contribution >= 0.6 is 0 Å². The fourth-order valence-corrected chi connectivity index (χ4v) is 2.42. The Balaban J connectivity index is 2.05. The van der Waals surface area contributed by atoms with Gasteiger partial charge in [-0.1, -0.05) is 6.92 Å². The minimum Gasteiger partial charge on any atom is -0.394 e. The molecule has 1 aliphatic rings. The fraction of sp³-hybridized carbons (Fsp3) is 0.545. The van der Waals surface area contributed by atoms with Gasteiger partial charge in [0.15, 0.2) is 11.2 Å². The van der Waals surface area contributed by atoms with Gasteiger partial charge in [0.2, 0.25) is 0 Å². The summed E-state index contributed by atoms with van der Waals surface area (Å²) in [6, 6.07) is 0. The van der Waals surface area contributed by atoms with E-state index in [0.29, 0.717) is 11.2 Å². The number of rotatable bonds is 2. The molecule has 18 heavy (non-hydrogen) atoms. The minimum atomic E-state index is -0.261. The Bertz CT molecular complexity index is 620. The maximum Gasteiger partial charge on any atom is 0.278 e. The Labute approximate surface area is 102 Å². The number of H-pyrrole nitrogens is 1. The van der Waals surface area contributed by atoms with Crippen molar-refractivity contribution in [3.8, 4) is 0 Å². The van der Waals surface area contributed by atoms with Crippen LogP contribution in [0.5, 0.6) is 0 Å². The summed E-state index contributed by atoms with van der Waals surface area (Å²) in [5, 5.41) is 9.14. The van der Waals surface area contributed by atoms with E-state index in [-0.39, 0.29) is 30.4 Å². The van der Waals surface area contributed by atoms with Crippen LogP contribution in [0.1, 0.15) is 19.6 Å². The van der Waals surface area contributed by atoms with E-state index in [2.05, 4.69) is 15.0 Å². The zero-order valence-electron chi connectivity index (χ0n) is 9.91. The summed E-state index contributed by atoms with van der Waals surface area (Å²) in [6.45, 7) is 2.04. The summed E-state index contributed by atoms with van der Waals surface area (Å²) in [6.07, 6.45) is 3.30. The van der Waals surface area contributed by atoms with Crippen LogP contribution in [0.2, 0.25) is 0 Å². The molecular formula is C11H14N4O3. The summed E-state index contributed by atoms with van der Waals surface area (Å²) in [5.74, 6) is 0.237. The number of aromatic amines is 1. The highest BCUT2D eigenvalue weighted by Gasteiger charge is 2.34. The molecule has 2 aromatic rings. The molecule has 0 amide bonds. The van der Waals surface area contributed by atoms with Crippen LogP contribution in [0.15, 0.2) is 17.4 Å². The highest BCUT2D eigenvalue weighted by Crippen LogP contribution is 2.34. The molecule has 0 aliphatic carbocycles. The highest BCUT2D eigenvalue weighted by atomic mass is 16.5. The minimum absolute atomic E-state index is 0.00147. The first-order valence-corrected chi connectivity index (χ1v) is 5.87. The number of aliphatic hydroxyl groups excluding tert-OH is 1. The van der Waals surface area contributed by atoms with Crippen molar-refractivity contribution < 1.29 is 9.84 Å².